The zero-order valence-electron chi connectivity index (χ0n) is 12.1. The van der Waals surface area contributed by atoms with E-state index in [1.165, 1.54) is 17.9 Å². The van der Waals surface area contributed by atoms with Crippen LogP contribution in [0.5, 0.6) is 0 Å². The van der Waals surface area contributed by atoms with Gasteiger partial charge >= 0.3 is 0 Å². The van der Waals surface area contributed by atoms with Crippen LogP contribution in [0.2, 0.25) is 0 Å². The van der Waals surface area contributed by atoms with Gasteiger partial charge < -0.3 is 10.1 Å². The normalized spacial score (nSPS) is 27.6. The molecule has 5 heteroatoms. The number of nitrogens with one attached hydrogen (secondary N) is 1. The van der Waals surface area contributed by atoms with Crippen LogP contribution in [0.1, 0.15) is 12.1 Å². The molecule has 0 saturated carbocycles. The lowest BCUT2D eigenvalue weighted by atomic mass is 9.95. The largest absolute Gasteiger partial charge is 0.379 e. The summed E-state index contributed by atoms with van der Waals surface area (Å²) in [7, 11) is 0. The van der Waals surface area contributed by atoms with Crippen LogP contribution in [0.4, 0.5) is 5.82 Å². The highest BCUT2D eigenvalue weighted by atomic mass is 32.2. The minimum absolute atomic E-state index is 0.278. The third-order valence-corrected chi connectivity index (χ3v) is 5.49. The van der Waals surface area contributed by atoms with Gasteiger partial charge in [0.25, 0.3) is 0 Å². The zero-order valence-corrected chi connectivity index (χ0v) is 12.9. The zero-order chi connectivity index (χ0) is 13.8. The topological polar surface area (TPSA) is 37.4 Å². The number of rotatable bonds is 4. The first kappa shape index (κ1) is 14.2. The van der Waals surface area contributed by atoms with E-state index in [4.69, 9.17) is 4.74 Å². The molecule has 3 heterocycles. The fraction of sp³-hybridized carbons (Fsp3) is 0.667. The van der Waals surface area contributed by atoms with Crippen molar-refractivity contribution >= 4 is 17.6 Å². The minimum Gasteiger partial charge on any atom is -0.379 e. The molecule has 20 heavy (non-hydrogen) atoms. The average molecular weight is 293 g/mol. The number of ether oxygens (including phenoxy) is 1. The Kier molecular flexibility index (Phi) is 4.48. The van der Waals surface area contributed by atoms with Gasteiger partial charge in [0.2, 0.25) is 0 Å². The number of pyridine rings is 1. The molecule has 1 unspecified atom stereocenters. The third kappa shape index (κ3) is 3.10. The second-order valence-electron chi connectivity index (χ2n) is 5.64. The molecule has 2 aliphatic heterocycles. The van der Waals surface area contributed by atoms with E-state index >= 15 is 0 Å². The molecule has 1 atom stereocenters. The van der Waals surface area contributed by atoms with E-state index in [9.17, 15) is 0 Å². The molecule has 1 aromatic rings. The molecule has 3 rings (SSSR count). The molecular weight excluding hydrogens is 270 g/mol. The Labute approximate surface area is 125 Å². The van der Waals surface area contributed by atoms with Crippen LogP contribution >= 0.6 is 11.8 Å². The van der Waals surface area contributed by atoms with Crippen molar-refractivity contribution in [3.05, 3.63) is 23.9 Å². The fourth-order valence-corrected chi connectivity index (χ4v) is 4.51. The summed E-state index contributed by atoms with van der Waals surface area (Å²) < 4.78 is 5.50. The van der Waals surface area contributed by atoms with Gasteiger partial charge in [-0.1, -0.05) is 6.07 Å². The summed E-state index contributed by atoms with van der Waals surface area (Å²) >= 11 is 2.07. The number of nitrogens with zero attached hydrogens (tertiary/aromatic N) is 2. The van der Waals surface area contributed by atoms with Gasteiger partial charge in [-0.3, -0.25) is 4.90 Å². The Balaban J connectivity index is 1.67. The number of aromatic nitrogens is 1. The van der Waals surface area contributed by atoms with Gasteiger partial charge in [-0.25, -0.2) is 4.98 Å². The van der Waals surface area contributed by atoms with Gasteiger partial charge in [0.1, 0.15) is 5.82 Å². The van der Waals surface area contributed by atoms with Crippen LogP contribution in [-0.2, 0) is 4.74 Å². The number of thioether (sulfide) groups is 1. The molecule has 2 fully saturated rings. The van der Waals surface area contributed by atoms with E-state index in [2.05, 4.69) is 39.1 Å². The SMILES string of the molecule is Cc1cccc(NCC2(N3CCOCC3)CCSC2)n1. The average Bonchev–Trinajstić information content (AvgIpc) is 2.96. The van der Waals surface area contributed by atoms with Crippen LogP contribution in [0, 0.1) is 6.92 Å². The number of hydrogen-bond donors (Lipinski definition) is 1. The Bertz CT molecular complexity index is 442. The van der Waals surface area contributed by atoms with Crippen molar-refractivity contribution < 1.29 is 4.74 Å². The standard InChI is InChI=1S/C15H23N3OS/c1-13-3-2-4-14(17-13)16-11-15(5-10-20-12-15)18-6-8-19-9-7-18/h2-4H,5-12H2,1H3,(H,16,17). The summed E-state index contributed by atoms with van der Waals surface area (Å²) in [4.78, 5) is 7.17. The molecule has 2 saturated heterocycles. The van der Waals surface area contributed by atoms with E-state index in [-0.39, 0.29) is 5.54 Å². The van der Waals surface area contributed by atoms with Crippen molar-refractivity contribution in [3.8, 4) is 0 Å². The Hall–Kier alpha value is -0.780. The number of aryl methyl sites for hydroxylation is 1. The van der Waals surface area contributed by atoms with Gasteiger partial charge in [-0.05, 0) is 31.2 Å². The smallest absolute Gasteiger partial charge is 0.126 e. The first-order chi connectivity index (χ1) is 9.78. The van der Waals surface area contributed by atoms with Crippen molar-refractivity contribution in [2.75, 3.05) is 49.7 Å². The van der Waals surface area contributed by atoms with Crippen molar-refractivity contribution in [1.82, 2.24) is 9.88 Å². The van der Waals surface area contributed by atoms with Crippen molar-refractivity contribution in [1.29, 1.82) is 0 Å². The number of morpholine rings is 1. The van der Waals surface area contributed by atoms with Gasteiger partial charge in [0.15, 0.2) is 0 Å². The van der Waals surface area contributed by atoms with E-state index in [0.29, 0.717) is 0 Å². The second-order valence-corrected chi connectivity index (χ2v) is 6.75. The Morgan fingerprint density at radius 3 is 2.95 bits per heavy atom. The van der Waals surface area contributed by atoms with Gasteiger partial charge in [-0.2, -0.15) is 11.8 Å². The van der Waals surface area contributed by atoms with Crippen LogP contribution in [0.25, 0.3) is 0 Å². The minimum atomic E-state index is 0.278. The quantitative estimate of drug-likeness (QED) is 0.919. The molecule has 110 valence electrons. The summed E-state index contributed by atoms with van der Waals surface area (Å²) in [5, 5.41) is 3.56. The Morgan fingerprint density at radius 1 is 1.40 bits per heavy atom. The van der Waals surface area contributed by atoms with Crippen LogP contribution in [-0.4, -0.2) is 59.8 Å². The first-order valence-corrected chi connectivity index (χ1v) is 8.52. The molecule has 1 N–H and O–H groups in total. The Morgan fingerprint density at radius 2 is 2.25 bits per heavy atom. The third-order valence-electron chi connectivity index (χ3n) is 4.25. The van der Waals surface area contributed by atoms with Crippen molar-refractivity contribution in [2.45, 2.75) is 18.9 Å². The van der Waals surface area contributed by atoms with Gasteiger partial charge in [0, 0.05) is 36.6 Å². The molecule has 1 aromatic heterocycles. The van der Waals surface area contributed by atoms with Crippen molar-refractivity contribution in [2.24, 2.45) is 0 Å². The highest BCUT2D eigenvalue weighted by Gasteiger charge is 2.40. The summed E-state index contributed by atoms with van der Waals surface area (Å²) in [5.74, 6) is 3.47. The monoisotopic (exact) mass is 293 g/mol. The molecular formula is C15H23N3OS. The molecule has 2 aliphatic rings. The lowest BCUT2D eigenvalue weighted by Gasteiger charge is -2.43. The highest BCUT2D eigenvalue weighted by molar-refractivity contribution is 7.99. The number of hydrogen-bond acceptors (Lipinski definition) is 5. The van der Waals surface area contributed by atoms with E-state index < -0.39 is 0 Å². The molecule has 0 bridgehead atoms. The van der Waals surface area contributed by atoms with E-state index in [0.717, 1.165) is 44.4 Å². The molecule has 0 aromatic carbocycles. The maximum atomic E-state index is 5.50. The highest BCUT2D eigenvalue weighted by Crippen LogP contribution is 2.34. The molecule has 0 aliphatic carbocycles. The van der Waals surface area contributed by atoms with Crippen LogP contribution in [0.3, 0.4) is 0 Å². The maximum Gasteiger partial charge on any atom is 0.126 e. The molecule has 4 nitrogen and oxygen atoms in total. The fourth-order valence-electron chi connectivity index (χ4n) is 3.03. The number of anilines is 1. The van der Waals surface area contributed by atoms with E-state index in [1.807, 2.05) is 13.0 Å². The predicted molar refractivity (Wildman–Crippen MR) is 84.5 cm³/mol. The summed E-state index contributed by atoms with van der Waals surface area (Å²) in [5.41, 5.74) is 1.34. The first-order valence-electron chi connectivity index (χ1n) is 7.37. The summed E-state index contributed by atoms with van der Waals surface area (Å²) in [6.45, 7) is 6.88. The lowest BCUT2D eigenvalue weighted by molar-refractivity contribution is -0.00922. The van der Waals surface area contributed by atoms with Crippen LogP contribution in [0.15, 0.2) is 18.2 Å². The lowest BCUT2D eigenvalue weighted by Crippen LogP contribution is -2.57. The molecule has 0 radical (unpaired) electrons. The van der Waals surface area contributed by atoms with Crippen LogP contribution < -0.4 is 5.32 Å². The summed E-state index contributed by atoms with van der Waals surface area (Å²) in [6, 6.07) is 6.16. The maximum absolute atomic E-state index is 5.50. The van der Waals surface area contributed by atoms with E-state index in [1.54, 1.807) is 0 Å². The second kappa shape index (κ2) is 6.33. The van der Waals surface area contributed by atoms with Gasteiger partial charge in [-0.15, -0.1) is 0 Å². The predicted octanol–water partition coefficient (Wildman–Crippen LogP) is 2.01. The van der Waals surface area contributed by atoms with Crippen molar-refractivity contribution in [3.63, 3.8) is 0 Å². The van der Waals surface area contributed by atoms with Gasteiger partial charge in [0.05, 0.1) is 13.2 Å². The summed E-state index contributed by atoms with van der Waals surface area (Å²) in [6.07, 6.45) is 1.26. The molecule has 0 spiro atoms. The molecule has 0 amide bonds.